The Labute approximate surface area is 70.5 Å². The Morgan fingerprint density at radius 2 is 2.27 bits per heavy atom. The summed E-state index contributed by atoms with van der Waals surface area (Å²) >= 11 is 0. The van der Waals surface area contributed by atoms with E-state index >= 15 is 0 Å². The fourth-order valence-corrected chi connectivity index (χ4v) is 0.832. The van der Waals surface area contributed by atoms with Gasteiger partial charge >= 0.3 is 6.16 Å². The molecular weight excluding hydrogens is 172 g/mol. The highest BCUT2D eigenvalue weighted by Gasteiger charge is 2.14. The van der Waals surface area contributed by atoms with E-state index in [4.69, 9.17) is 5.11 Å². The number of hydrogen-bond acceptors (Lipinski definition) is 4. The SMILES string of the molecule is Cl.O=C(O)OC1CNCCN1. The third-order valence-corrected chi connectivity index (χ3v) is 1.25. The molecule has 0 amide bonds. The summed E-state index contributed by atoms with van der Waals surface area (Å²) < 4.78 is 4.43. The van der Waals surface area contributed by atoms with Crippen molar-refractivity contribution in [2.45, 2.75) is 6.23 Å². The summed E-state index contributed by atoms with van der Waals surface area (Å²) in [5, 5.41) is 14.0. The van der Waals surface area contributed by atoms with E-state index in [0.29, 0.717) is 6.54 Å². The second-order valence-electron chi connectivity index (χ2n) is 2.03. The average molecular weight is 183 g/mol. The normalized spacial score (nSPS) is 23.5. The number of carboxylic acid groups (broad SMARTS) is 1. The van der Waals surface area contributed by atoms with Crippen molar-refractivity contribution in [1.29, 1.82) is 0 Å². The van der Waals surface area contributed by atoms with Crippen LogP contribution in [0, 0.1) is 0 Å². The molecule has 0 aromatic carbocycles. The molecule has 0 bridgehead atoms. The molecule has 6 heteroatoms. The Kier molecular flexibility index (Phi) is 4.93. The van der Waals surface area contributed by atoms with Crippen LogP contribution in [0.5, 0.6) is 0 Å². The average Bonchev–Trinajstić information content (AvgIpc) is 1.88. The van der Waals surface area contributed by atoms with E-state index in [1.807, 2.05) is 0 Å². The molecule has 1 rings (SSSR count). The van der Waals surface area contributed by atoms with Crippen molar-refractivity contribution in [3.63, 3.8) is 0 Å². The Balaban J connectivity index is 0.000001000. The van der Waals surface area contributed by atoms with Gasteiger partial charge in [-0.05, 0) is 0 Å². The van der Waals surface area contributed by atoms with Gasteiger partial charge in [-0.15, -0.1) is 12.4 Å². The molecule has 0 radical (unpaired) electrons. The summed E-state index contributed by atoms with van der Waals surface area (Å²) in [5.74, 6) is 0. The molecule has 0 aliphatic carbocycles. The van der Waals surface area contributed by atoms with Gasteiger partial charge in [0, 0.05) is 19.6 Å². The molecule has 66 valence electrons. The second kappa shape index (κ2) is 5.17. The molecular formula is C5H11ClN2O3. The summed E-state index contributed by atoms with van der Waals surface area (Å²) in [6.45, 7) is 2.16. The fourth-order valence-electron chi connectivity index (χ4n) is 0.832. The highest BCUT2D eigenvalue weighted by Crippen LogP contribution is 1.89. The third kappa shape index (κ3) is 4.02. The first kappa shape index (κ1) is 10.5. The standard InChI is InChI=1S/C5H10N2O3.ClH/c8-5(9)10-4-3-6-1-2-7-4;/h4,6-7H,1-3H2,(H,8,9);1H. The zero-order valence-electron chi connectivity index (χ0n) is 5.87. The van der Waals surface area contributed by atoms with Crippen molar-refractivity contribution in [2.75, 3.05) is 19.6 Å². The maximum Gasteiger partial charge on any atom is 0.507 e. The van der Waals surface area contributed by atoms with Gasteiger partial charge in [-0.3, -0.25) is 5.32 Å². The highest BCUT2D eigenvalue weighted by molar-refractivity contribution is 5.85. The Bertz CT molecular complexity index is 127. The summed E-state index contributed by atoms with van der Waals surface area (Å²) in [4.78, 5) is 9.98. The van der Waals surface area contributed by atoms with Crippen LogP contribution in [-0.2, 0) is 4.74 Å². The van der Waals surface area contributed by atoms with Gasteiger partial charge in [-0.25, -0.2) is 4.79 Å². The lowest BCUT2D eigenvalue weighted by atomic mass is 10.4. The number of hydrogen-bond donors (Lipinski definition) is 3. The monoisotopic (exact) mass is 182 g/mol. The molecule has 1 heterocycles. The number of halogens is 1. The smallest absolute Gasteiger partial charge is 0.450 e. The topological polar surface area (TPSA) is 70.6 Å². The van der Waals surface area contributed by atoms with E-state index in [2.05, 4.69) is 15.4 Å². The van der Waals surface area contributed by atoms with Crippen molar-refractivity contribution >= 4 is 18.6 Å². The van der Waals surface area contributed by atoms with Crippen LogP contribution in [0.2, 0.25) is 0 Å². The van der Waals surface area contributed by atoms with Crippen LogP contribution in [0.1, 0.15) is 0 Å². The van der Waals surface area contributed by atoms with Crippen LogP contribution in [0.3, 0.4) is 0 Å². The molecule has 1 atom stereocenters. The largest absolute Gasteiger partial charge is 0.507 e. The third-order valence-electron chi connectivity index (χ3n) is 1.25. The van der Waals surface area contributed by atoms with Gasteiger partial charge in [0.05, 0.1) is 0 Å². The van der Waals surface area contributed by atoms with Gasteiger partial charge in [0.25, 0.3) is 0 Å². The van der Waals surface area contributed by atoms with Gasteiger partial charge in [0.15, 0.2) is 6.23 Å². The molecule has 3 N–H and O–H groups in total. The summed E-state index contributed by atoms with van der Waals surface area (Å²) in [7, 11) is 0. The van der Waals surface area contributed by atoms with E-state index in [0.717, 1.165) is 13.1 Å². The molecule has 0 aromatic heterocycles. The zero-order chi connectivity index (χ0) is 7.40. The molecule has 1 aliphatic rings. The summed E-state index contributed by atoms with van der Waals surface area (Å²) in [6, 6.07) is 0. The maximum atomic E-state index is 9.98. The van der Waals surface area contributed by atoms with Crippen LogP contribution in [0.25, 0.3) is 0 Å². The summed E-state index contributed by atoms with van der Waals surface area (Å²) in [6.07, 6.45) is -1.62. The van der Waals surface area contributed by atoms with Crippen LogP contribution in [0.4, 0.5) is 4.79 Å². The molecule has 0 saturated carbocycles. The quantitative estimate of drug-likeness (QED) is 0.483. The van der Waals surface area contributed by atoms with E-state index in [1.165, 1.54) is 0 Å². The van der Waals surface area contributed by atoms with Crippen LogP contribution < -0.4 is 10.6 Å². The maximum absolute atomic E-state index is 9.98. The molecule has 0 aromatic rings. The number of rotatable bonds is 1. The first-order valence-electron chi connectivity index (χ1n) is 3.13. The minimum absolute atomic E-state index is 0. The van der Waals surface area contributed by atoms with Crippen LogP contribution >= 0.6 is 12.4 Å². The minimum atomic E-state index is -1.23. The van der Waals surface area contributed by atoms with Crippen molar-refractivity contribution in [2.24, 2.45) is 0 Å². The molecule has 11 heavy (non-hydrogen) atoms. The van der Waals surface area contributed by atoms with Crippen LogP contribution in [-0.4, -0.2) is 37.1 Å². The molecule has 1 aliphatic heterocycles. The van der Waals surface area contributed by atoms with Gasteiger partial charge in [-0.2, -0.15) is 0 Å². The van der Waals surface area contributed by atoms with Crippen molar-refractivity contribution in [3.8, 4) is 0 Å². The number of carbonyl (C=O) groups is 1. The Morgan fingerprint density at radius 1 is 1.55 bits per heavy atom. The van der Waals surface area contributed by atoms with E-state index in [1.54, 1.807) is 0 Å². The first-order valence-corrected chi connectivity index (χ1v) is 3.13. The number of piperazine rings is 1. The lowest BCUT2D eigenvalue weighted by molar-refractivity contribution is 0.0309. The molecule has 5 nitrogen and oxygen atoms in total. The predicted molar refractivity (Wildman–Crippen MR) is 41.0 cm³/mol. The van der Waals surface area contributed by atoms with Gasteiger partial charge in [-0.1, -0.05) is 0 Å². The summed E-state index contributed by atoms with van der Waals surface area (Å²) in [5.41, 5.74) is 0. The predicted octanol–water partition coefficient (Wildman–Crippen LogP) is -0.378. The van der Waals surface area contributed by atoms with Gasteiger partial charge in [0.2, 0.25) is 0 Å². The van der Waals surface area contributed by atoms with Crippen molar-refractivity contribution < 1.29 is 14.6 Å². The van der Waals surface area contributed by atoms with E-state index in [9.17, 15) is 4.79 Å². The molecule has 0 spiro atoms. The Hall–Kier alpha value is -0.520. The molecule has 1 unspecified atom stereocenters. The van der Waals surface area contributed by atoms with Crippen LogP contribution in [0.15, 0.2) is 0 Å². The number of nitrogens with one attached hydrogen (secondary N) is 2. The van der Waals surface area contributed by atoms with E-state index in [-0.39, 0.29) is 18.6 Å². The van der Waals surface area contributed by atoms with E-state index < -0.39 is 6.16 Å². The molecule has 1 saturated heterocycles. The van der Waals surface area contributed by atoms with Crippen molar-refractivity contribution in [1.82, 2.24) is 10.6 Å². The van der Waals surface area contributed by atoms with Gasteiger partial charge in [0.1, 0.15) is 0 Å². The van der Waals surface area contributed by atoms with Crippen molar-refractivity contribution in [3.05, 3.63) is 0 Å². The fraction of sp³-hybridized carbons (Fsp3) is 0.800. The Morgan fingerprint density at radius 3 is 2.73 bits per heavy atom. The molecule has 1 fully saturated rings. The van der Waals surface area contributed by atoms with Gasteiger partial charge < -0.3 is 15.2 Å². The minimum Gasteiger partial charge on any atom is -0.450 e. The zero-order valence-corrected chi connectivity index (χ0v) is 6.69. The first-order chi connectivity index (χ1) is 4.79. The lowest BCUT2D eigenvalue weighted by Gasteiger charge is -2.22. The second-order valence-corrected chi connectivity index (χ2v) is 2.03. The number of ether oxygens (including phenoxy) is 1. The lowest BCUT2D eigenvalue weighted by Crippen LogP contribution is -2.50. The highest BCUT2D eigenvalue weighted by atomic mass is 35.5.